The number of nitrogens with zero attached hydrogens (tertiary/aromatic N) is 1. The molecule has 1 nitrogen and oxygen atoms in total. The predicted molar refractivity (Wildman–Crippen MR) is 60.6 cm³/mol. The highest BCUT2D eigenvalue weighted by Gasteiger charge is 2.05. The van der Waals surface area contributed by atoms with Gasteiger partial charge in [-0.15, -0.1) is 0 Å². The van der Waals surface area contributed by atoms with Gasteiger partial charge in [-0.3, -0.25) is 4.98 Å². The van der Waals surface area contributed by atoms with Gasteiger partial charge in [0.2, 0.25) is 0 Å². The lowest BCUT2D eigenvalue weighted by Crippen LogP contribution is -1.92. The van der Waals surface area contributed by atoms with Gasteiger partial charge in [0.25, 0.3) is 0 Å². The van der Waals surface area contributed by atoms with Crippen molar-refractivity contribution >= 4 is 10.9 Å². The van der Waals surface area contributed by atoms with Gasteiger partial charge in [-0.2, -0.15) is 0 Å². The molecule has 1 aromatic carbocycles. The molecule has 72 valence electrons. The fourth-order valence-corrected chi connectivity index (χ4v) is 1.85. The Balaban J connectivity index is 2.81. The van der Waals surface area contributed by atoms with Crippen molar-refractivity contribution in [2.24, 2.45) is 0 Å². The van der Waals surface area contributed by atoms with Crippen molar-refractivity contribution in [1.29, 1.82) is 0 Å². The van der Waals surface area contributed by atoms with Crippen molar-refractivity contribution in [2.75, 3.05) is 0 Å². The van der Waals surface area contributed by atoms with E-state index in [1.165, 1.54) is 16.5 Å². The number of benzene rings is 1. The van der Waals surface area contributed by atoms with Crippen LogP contribution in [0.4, 0.5) is 0 Å². The van der Waals surface area contributed by atoms with Gasteiger partial charge in [-0.05, 0) is 30.0 Å². The molecule has 0 aliphatic rings. The highest BCUT2D eigenvalue weighted by atomic mass is 14.6. The maximum absolute atomic E-state index is 4.42. The summed E-state index contributed by atoms with van der Waals surface area (Å²) in [5, 5.41) is 1.29. The third-order valence-corrected chi connectivity index (χ3v) is 2.63. The number of hydrogen-bond donors (Lipinski definition) is 0. The minimum Gasteiger partial charge on any atom is -0.256 e. The molecule has 2 rings (SSSR count). The summed E-state index contributed by atoms with van der Waals surface area (Å²) in [5.74, 6) is 0.558. The largest absolute Gasteiger partial charge is 0.256 e. The first-order valence-corrected chi connectivity index (χ1v) is 5.04. The Labute approximate surface area is 84.8 Å². The zero-order valence-electron chi connectivity index (χ0n) is 8.91. The van der Waals surface area contributed by atoms with E-state index in [0.717, 1.165) is 5.52 Å². The minimum absolute atomic E-state index is 0.558. The highest BCUT2D eigenvalue weighted by molar-refractivity contribution is 5.85. The lowest BCUT2D eigenvalue weighted by molar-refractivity contribution is 0.874. The number of aromatic nitrogens is 1. The molecular formula is C13H15N. The summed E-state index contributed by atoms with van der Waals surface area (Å²) in [6.07, 6.45) is 1.91. The van der Waals surface area contributed by atoms with E-state index in [9.17, 15) is 0 Å². The van der Waals surface area contributed by atoms with Gasteiger partial charge in [-0.25, -0.2) is 0 Å². The first-order chi connectivity index (χ1) is 6.70. The monoisotopic (exact) mass is 185 g/mol. The molecule has 1 aromatic heterocycles. The maximum Gasteiger partial charge on any atom is 0.0733 e. The van der Waals surface area contributed by atoms with Crippen molar-refractivity contribution in [3.63, 3.8) is 0 Å². The first-order valence-electron chi connectivity index (χ1n) is 5.04. The SMILES string of the molecule is Cc1cccc2c(C(C)C)ccnc12. The average molecular weight is 185 g/mol. The Kier molecular flexibility index (Phi) is 2.24. The summed E-state index contributed by atoms with van der Waals surface area (Å²) in [5.41, 5.74) is 3.78. The number of pyridine rings is 1. The van der Waals surface area contributed by atoms with Crippen molar-refractivity contribution in [3.05, 3.63) is 41.6 Å². The lowest BCUT2D eigenvalue weighted by atomic mass is 9.98. The molecule has 0 unspecified atom stereocenters. The van der Waals surface area contributed by atoms with Crippen molar-refractivity contribution in [3.8, 4) is 0 Å². The van der Waals surface area contributed by atoms with E-state index in [-0.39, 0.29) is 0 Å². The van der Waals surface area contributed by atoms with Crippen LogP contribution in [0.5, 0.6) is 0 Å². The fraction of sp³-hybridized carbons (Fsp3) is 0.308. The van der Waals surface area contributed by atoms with Gasteiger partial charge in [0, 0.05) is 11.6 Å². The molecule has 1 heteroatoms. The van der Waals surface area contributed by atoms with E-state index in [1.807, 2.05) is 6.20 Å². The normalized spacial score (nSPS) is 11.1. The molecule has 0 saturated heterocycles. The summed E-state index contributed by atoms with van der Waals surface area (Å²) in [7, 11) is 0. The number of aryl methyl sites for hydroxylation is 1. The number of rotatable bonds is 1. The molecule has 0 aliphatic carbocycles. The third-order valence-electron chi connectivity index (χ3n) is 2.63. The Morgan fingerprint density at radius 2 is 1.93 bits per heavy atom. The van der Waals surface area contributed by atoms with Gasteiger partial charge >= 0.3 is 0 Å². The molecule has 0 N–H and O–H groups in total. The second kappa shape index (κ2) is 3.41. The average Bonchev–Trinajstić information content (AvgIpc) is 2.17. The summed E-state index contributed by atoms with van der Waals surface area (Å²) in [4.78, 5) is 4.42. The molecule has 0 amide bonds. The van der Waals surface area contributed by atoms with Crippen LogP contribution in [0.1, 0.15) is 30.9 Å². The second-order valence-corrected chi connectivity index (χ2v) is 4.03. The molecule has 0 radical (unpaired) electrons. The molecule has 1 heterocycles. The van der Waals surface area contributed by atoms with E-state index in [0.29, 0.717) is 5.92 Å². The number of para-hydroxylation sites is 1. The molecular weight excluding hydrogens is 170 g/mol. The van der Waals surface area contributed by atoms with Gasteiger partial charge in [-0.1, -0.05) is 32.0 Å². The van der Waals surface area contributed by atoms with Crippen LogP contribution in [0.3, 0.4) is 0 Å². The van der Waals surface area contributed by atoms with Crippen molar-refractivity contribution < 1.29 is 0 Å². The maximum atomic E-state index is 4.42. The molecule has 0 fully saturated rings. The molecule has 0 spiro atoms. The van der Waals surface area contributed by atoms with Crippen molar-refractivity contribution in [1.82, 2.24) is 4.98 Å². The molecule has 0 saturated carbocycles. The van der Waals surface area contributed by atoms with E-state index >= 15 is 0 Å². The summed E-state index contributed by atoms with van der Waals surface area (Å²) >= 11 is 0. The van der Waals surface area contributed by atoms with E-state index in [2.05, 4.69) is 50.0 Å². The Hall–Kier alpha value is -1.37. The quantitative estimate of drug-likeness (QED) is 0.660. The summed E-state index contributed by atoms with van der Waals surface area (Å²) < 4.78 is 0. The molecule has 0 bridgehead atoms. The van der Waals surface area contributed by atoms with Gasteiger partial charge in [0.05, 0.1) is 5.52 Å². The Morgan fingerprint density at radius 1 is 1.14 bits per heavy atom. The molecule has 0 atom stereocenters. The fourth-order valence-electron chi connectivity index (χ4n) is 1.85. The lowest BCUT2D eigenvalue weighted by Gasteiger charge is -2.10. The smallest absolute Gasteiger partial charge is 0.0733 e. The van der Waals surface area contributed by atoms with Gasteiger partial charge in [0.15, 0.2) is 0 Å². The van der Waals surface area contributed by atoms with Crippen LogP contribution in [0, 0.1) is 6.92 Å². The predicted octanol–water partition coefficient (Wildman–Crippen LogP) is 3.67. The van der Waals surface area contributed by atoms with Crippen LogP contribution in [0.2, 0.25) is 0 Å². The van der Waals surface area contributed by atoms with Crippen LogP contribution >= 0.6 is 0 Å². The standard InChI is InChI=1S/C13H15N/c1-9(2)11-7-8-14-13-10(3)5-4-6-12(11)13/h4-9H,1-3H3. The summed E-state index contributed by atoms with van der Waals surface area (Å²) in [6, 6.07) is 8.49. The summed E-state index contributed by atoms with van der Waals surface area (Å²) in [6.45, 7) is 6.55. The van der Waals surface area contributed by atoms with Crippen LogP contribution in [-0.4, -0.2) is 4.98 Å². The minimum atomic E-state index is 0.558. The van der Waals surface area contributed by atoms with Crippen LogP contribution in [0.15, 0.2) is 30.5 Å². The van der Waals surface area contributed by atoms with Gasteiger partial charge in [0.1, 0.15) is 0 Å². The third kappa shape index (κ3) is 1.39. The van der Waals surface area contributed by atoms with Crippen LogP contribution < -0.4 is 0 Å². The van der Waals surface area contributed by atoms with E-state index < -0.39 is 0 Å². The van der Waals surface area contributed by atoms with Gasteiger partial charge < -0.3 is 0 Å². The molecule has 0 aliphatic heterocycles. The van der Waals surface area contributed by atoms with E-state index in [4.69, 9.17) is 0 Å². The Morgan fingerprint density at radius 3 is 2.64 bits per heavy atom. The van der Waals surface area contributed by atoms with Crippen molar-refractivity contribution in [2.45, 2.75) is 26.7 Å². The zero-order chi connectivity index (χ0) is 10.1. The Bertz CT molecular complexity index is 458. The number of fused-ring (bicyclic) bond motifs is 1. The van der Waals surface area contributed by atoms with Crippen LogP contribution in [-0.2, 0) is 0 Å². The van der Waals surface area contributed by atoms with Crippen LogP contribution in [0.25, 0.3) is 10.9 Å². The highest BCUT2D eigenvalue weighted by Crippen LogP contribution is 2.25. The molecule has 14 heavy (non-hydrogen) atoms. The van der Waals surface area contributed by atoms with E-state index in [1.54, 1.807) is 0 Å². The first kappa shape index (κ1) is 9.20. The topological polar surface area (TPSA) is 12.9 Å². The zero-order valence-corrected chi connectivity index (χ0v) is 8.91. The molecule has 2 aromatic rings. The number of hydrogen-bond acceptors (Lipinski definition) is 1. The second-order valence-electron chi connectivity index (χ2n) is 4.03.